The highest BCUT2D eigenvalue weighted by Crippen LogP contribution is 2.25. The van der Waals surface area contributed by atoms with Gasteiger partial charge < -0.3 is 5.32 Å². The molecule has 82 valence electrons. The van der Waals surface area contributed by atoms with Crippen molar-refractivity contribution in [1.82, 2.24) is 4.98 Å². The average molecular weight is 298 g/mol. The molecule has 2 aromatic rings. The van der Waals surface area contributed by atoms with Crippen LogP contribution in [-0.2, 0) is 6.54 Å². The molecule has 0 aliphatic carbocycles. The lowest BCUT2D eigenvalue weighted by atomic mass is 10.2. The van der Waals surface area contributed by atoms with Gasteiger partial charge in [0, 0.05) is 23.4 Å². The fourth-order valence-electron chi connectivity index (χ4n) is 1.33. The normalized spacial score (nSPS) is 10.1. The second kappa shape index (κ2) is 5.32. The van der Waals surface area contributed by atoms with Crippen molar-refractivity contribution in [2.75, 3.05) is 5.32 Å². The van der Waals surface area contributed by atoms with Crippen LogP contribution in [0, 0.1) is 0 Å². The van der Waals surface area contributed by atoms with Gasteiger partial charge in [0.05, 0.1) is 10.7 Å². The maximum Gasteiger partial charge on any atom is 0.0648 e. The molecule has 0 unspecified atom stereocenters. The quantitative estimate of drug-likeness (QED) is 0.922. The summed E-state index contributed by atoms with van der Waals surface area (Å²) in [6.45, 7) is 0.740. The third-order valence-corrected chi connectivity index (χ3v) is 2.97. The highest BCUT2D eigenvalue weighted by molar-refractivity contribution is 9.10. The van der Waals surface area contributed by atoms with Crippen molar-refractivity contribution < 1.29 is 0 Å². The number of nitrogens with one attached hydrogen (secondary N) is 1. The molecule has 2 rings (SSSR count). The molecule has 0 spiro atoms. The molecule has 2 nitrogen and oxygen atoms in total. The van der Waals surface area contributed by atoms with Crippen molar-refractivity contribution in [3.63, 3.8) is 0 Å². The number of benzene rings is 1. The summed E-state index contributed by atoms with van der Waals surface area (Å²) in [6, 6.07) is 9.73. The van der Waals surface area contributed by atoms with E-state index in [1.807, 2.05) is 30.3 Å². The van der Waals surface area contributed by atoms with Crippen LogP contribution < -0.4 is 5.32 Å². The number of pyridine rings is 1. The first-order valence-electron chi connectivity index (χ1n) is 4.83. The van der Waals surface area contributed by atoms with Gasteiger partial charge in [0.1, 0.15) is 0 Å². The van der Waals surface area contributed by atoms with Crippen molar-refractivity contribution in [2.45, 2.75) is 6.54 Å². The van der Waals surface area contributed by atoms with Gasteiger partial charge in [-0.05, 0) is 35.9 Å². The topological polar surface area (TPSA) is 24.9 Å². The highest BCUT2D eigenvalue weighted by Gasteiger charge is 2.00. The molecule has 4 heteroatoms. The minimum absolute atomic E-state index is 0.712. The molecule has 0 fully saturated rings. The van der Waals surface area contributed by atoms with E-state index in [-0.39, 0.29) is 0 Å². The predicted molar refractivity (Wildman–Crippen MR) is 70.7 cm³/mol. The number of rotatable bonds is 3. The van der Waals surface area contributed by atoms with E-state index in [1.165, 1.54) is 5.56 Å². The van der Waals surface area contributed by atoms with Crippen LogP contribution in [0.25, 0.3) is 0 Å². The number of anilines is 1. The van der Waals surface area contributed by atoms with Crippen molar-refractivity contribution in [3.05, 3.63) is 57.8 Å². The summed E-state index contributed by atoms with van der Waals surface area (Å²) >= 11 is 9.46. The third-order valence-electron chi connectivity index (χ3n) is 2.16. The van der Waals surface area contributed by atoms with Gasteiger partial charge in [-0.25, -0.2) is 0 Å². The van der Waals surface area contributed by atoms with Crippen molar-refractivity contribution in [3.8, 4) is 0 Å². The molecular weight excluding hydrogens is 288 g/mol. The first kappa shape index (κ1) is 11.4. The molecule has 0 saturated heterocycles. The monoisotopic (exact) mass is 296 g/mol. The number of nitrogens with zero attached hydrogens (tertiary/aromatic N) is 1. The zero-order valence-electron chi connectivity index (χ0n) is 8.45. The molecule has 0 atom stereocenters. The molecule has 0 saturated carbocycles. The summed E-state index contributed by atoms with van der Waals surface area (Å²) in [4.78, 5) is 3.97. The Kier molecular flexibility index (Phi) is 3.80. The Morgan fingerprint density at radius 2 is 1.94 bits per heavy atom. The summed E-state index contributed by atoms with van der Waals surface area (Å²) in [7, 11) is 0. The van der Waals surface area contributed by atoms with Gasteiger partial charge in [0.25, 0.3) is 0 Å². The number of halogens is 2. The molecule has 1 N–H and O–H groups in total. The van der Waals surface area contributed by atoms with Crippen LogP contribution in [0.4, 0.5) is 5.69 Å². The van der Waals surface area contributed by atoms with E-state index < -0.39 is 0 Å². The Bertz CT molecular complexity index is 474. The molecule has 0 aliphatic heterocycles. The number of aromatic nitrogens is 1. The molecular formula is C12H10BrClN2. The van der Waals surface area contributed by atoms with Gasteiger partial charge in [-0.15, -0.1) is 0 Å². The second-order valence-electron chi connectivity index (χ2n) is 3.33. The average Bonchev–Trinajstić information content (AvgIpc) is 2.29. The Balaban J connectivity index is 2.05. The molecule has 16 heavy (non-hydrogen) atoms. The van der Waals surface area contributed by atoms with E-state index in [0.29, 0.717) is 5.02 Å². The Morgan fingerprint density at radius 3 is 2.62 bits per heavy atom. The maximum atomic E-state index is 6.09. The molecule has 1 aromatic heterocycles. The van der Waals surface area contributed by atoms with E-state index >= 15 is 0 Å². The molecule has 1 heterocycles. The van der Waals surface area contributed by atoms with E-state index in [9.17, 15) is 0 Å². The molecule has 0 bridgehead atoms. The lowest BCUT2D eigenvalue weighted by Gasteiger charge is -2.08. The predicted octanol–water partition coefficient (Wildman–Crippen LogP) is 4.11. The Labute approximate surface area is 108 Å². The molecule has 0 aliphatic rings. The fraction of sp³-hybridized carbons (Fsp3) is 0.0833. The van der Waals surface area contributed by atoms with Gasteiger partial charge in [0.2, 0.25) is 0 Å². The summed E-state index contributed by atoms with van der Waals surface area (Å²) < 4.78 is 0.979. The molecule has 0 radical (unpaired) electrons. The third kappa shape index (κ3) is 2.97. The van der Waals surface area contributed by atoms with Gasteiger partial charge in [-0.3, -0.25) is 4.98 Å². The standard InChI is InChI=1S/C12H10BrClN2/c13-10-1-2-12(11(14)7-10)16-8-9-3-5-15-6-4-9/h1-7,16H,8H2. The van der Waals surface area contributed by atoms with E-state index in [2.05, 4.69) is 26.2 Å². The van der Waals surface area contributed by atoms with E-state index in [4.69, 9.17) is 11.6 Å². The van der Waals surface area contributed by atoms with Crippen LogP contribution >= 0.6 is 27.5 Å². The highest BCUT2D eigenvalue weighted by atomic mass is 79.9. The maximum absolute atomic E-state index is 6.09. The summed E-state index contributed by atoms with van der Waals surface area (Å²) in [5.74, 6) is 0. The summed E-state index contributed by atoms with van der Waals surface area (Å²) in [5, 5.41) is 3.99. The molecule has 0 amide bonds. The second-order valence-corrected chi connectivity index (χ2v) is 4.66. The van der Waals surface area contributed by atoms with Crippen LogP contribution in [0.5, 0.6) is 0 Å². The van der Waals surface area contributed by atoms with Crippen LogP contribution in [0.2, 0.25) is 5.02 Å². The lowest BCUT2D eigenvalue weighted by molar-refractivity contribution is 1.13. The van der Waals surface area contributed by atoms with Gasteiger partial charge in [0.15, 0.2) is 0 Å². The van der Waals surface area contributed by atoms with Crippen molar-refractivity contribution >= 4 is 33.2 Å². The summed E-state index contributed by atoms with van der Waals surface area (Å²) in [6.07, 6.45) is 3.56. The Hall–Kier alpha value is -1.06. The smallest absolute Gasteiger partial charge is 0.0648 e. The minimum Gasteiger partial charge on any atom is -0.380 e. The van der Waals surface area contributed by atoms with Gasteiger partial charge in [-0.2, -0.15) is 0 Å². The lowest BCUT2D eigenvalue weighted by Crippen LogP contribution is -1.99. The first-order valence-corrected chi connectivity index (χ1v) is 6.00. The summed E-state index contributed by atoms with van der Waals surface area (Å²) in [5.41, 5.74) is 2.11. The van der Waals surface area contributed by atoms with Crippen LogP contribution in [0.3, 0.4) is 0 Å². The van der Waals surface area contributed by atoms with Crippen LogP contribution in [0.1, 0.15) is 5.56 Å². The van der Waals surface area contributed by atoms with Crippen molar-refractivity contribution in [2.24, 2.45) is 0 Å². The fourth-order valence-corrected chi connectivity index (χ4v) is 2.07. The van der Waals surface area contributed by atoms with Gasteiger partial charge in [-0.1, -0.05) is 27.5 Å². The largest absolute Gasteiger partial charge is 0.380 e. The number of hydrogen-bond donors (Lipinski definition) is 1. The molecule has 1 aromatic carbocycles. The van der Waals surface area contributed by atoms with Crippen LogP contribution in [-0.4, -0.2) is 4.98 Å². The SMILES string of the molecule is Clc1cc(Br)ccc1NCc1ccncc1. The van der Waals surface area contributed by atoms with Crippen LogP contribution in [0.15, 0.2) is 47.2 Å². The van der Waals surface area contributed by atoms with E-state index in [1.54, 1.807) is 12.4 Å². The van der Waals surface area contributed by atoms with Gasteiger partial charge >= 0.3 is 0 Å². The minimum atomic E-state index is 0.712. The zero-order chi connectivity index (χ0) is 11.4. The van der Waals surface area contributed by atoms with E-state index in [0.717, 1.165) is 16.7 Å². The zero-order valence-corrected chi connectivity index (χ0v) is 10.8. The first-order chi connectivity index (χ1) is 7.75. The number of hydrogen-bond acceptors (Lipinski definition) is 2. The Morgan fingerprint density at radius 1 is 1.19 bits per heavy atom. The van der Waals surface area contributed by atoms with Crippen molar-refractivity contribution in [1.29, 1.82) is 0 Å².